The van der Waals surface area contributed by atoms with Gasteiger partial charge in [-0.2, -0.15) is 0 Å². The molecular weight excluding hydrogens is 363 g/mol. The van der Waals surface area contributed by atoms with Crippen LogP contribution in [0.25, 0.3) is 11.4 Å². The van der Waals surface area contributed by atoms with Gasteiger partial charge in [0.25, 0.3) is 0 Å². The van der Waals surface area contributed by atoms with Crippen LogP contribution in [0, 0.1) is 12.7 Å². The maximum absolute atomic E-state index is 13.7. The largest absolute Gasteiger partial charge is 0.341 e. The monoisotopic (exact) mass is 384 g/mol. The fourth-order valence-corrected chi connectivity index (χ4v) is 3.56. The lowest BCUT2D eigenvalue weighted by molar-refractivity contribution is -0.127. The van der Waals surface area contributed by atoms with Gasteiger partial charge in [0, 0.05) is 31.8 Å². The molecule has 1 aromatic heterocycles. The fraction of sp³-hybridized carbons (Fsp3) is 0.250. The molecule has 0 saturated carbocycles. The first-order valence-corrected chi connectivity index (χ1v) is 9.51. The van der Waals surface area contributed by atoms with Crippen LogP contribution < -0.4 is 0 Å². The summed E-state index contributed by atoms with van der Waals surface area (Å²) in [7, 11) is 3.56. The third-order valence-corrected chi connectivity index (χ3v) is 5.34. The lowest BCUT2D eigenvalue weighted by Gasteiger charge is -2.17. The Morgan fingerprint density at radius 1 is 1.15 bits per heavy atom. The molecule has 0 saturated heterocycles. The van der Waals surface area contributed by atoms with Gasteiger partial charge in [-0.1, -0.05) is 54.2 Å². The van der Waals surface area contributed by atoms with Crippen LogP contribution in [0.4, 0.5) is 4.39 Å². The highest BCUT2D eigenvalue weighted by Gasteiger charge is 2.16. The topological polar surface area (TPSA) is 51.0 Å². The zero-order valence-electron chi connectivity index (χ0n) is 15.5. The van der Waals surface area contributed by atoms with Crippen molar-refractivity contribution in [1.82, 2.24) is 19.7 Å². The molecule has 0 unspecified atom stereocenters. The highest BCUT2D eigenvalue weighted by molar-refractivity contribution is 7.99. The summed E-state index contributed by atoms with van der Waals surface area (Å²) >= 11 is 1.32. The van der Waals surface area contributed by atoms with Gasteiger partial charge < -0.3 is 9.47 Å². The second-order valence-corrected chi connectivity index (χ2v) is 7.25. The van der Waals surface area contributed by atoms with Crippen LogP contribution >= 0.6 is 11.8 Å². The van der Waals surface area contributed by atoms with Gasteiger partial charge in [0.15, 0.2) is 11.0 Å². The summed E-state index contributed by atoms with van der Waals surface area (Å²) in [6.45, 7) is 2.26. The van der Waals surface area contributed by atoms with E-state index in [9.17, 15) is 9.18 Å². The van der Waals surface area contributed by atoms with Crippen LogP contribution in [0.15, 0.2) is 53.7 Å². The van der Waals surface area contributed by atoms with Crippen molar-refractivity contribution in [2.24, 2.45) is 7.05 Å². The molecule has 3 aromatic rings. The summed E-state index contributed by atoms with van der Waals surface area (Å²) in [4.78, 5) is 13.9. The second-order valence-electron chi connectivity index (χ2n) is 6.31. The van der Waals surface area contributed by atoms with E-state index < -0.39 is 0 Å². The summed E-state index contributed by atoms with van der Waals surface area (Å²) in [6.07, 6.45) is 0. The molecule has 0 aliphatic rings. The Balaban J connectivity index is 1.64. The standard InChI is InChI=1S/C20H21FN4OS/c1-14-8-4-6-10-16(14)19-22-23-20(25(19)3)27-13-18(26)24(2)12-15-9-5-7-11-17(15)21/h4-11H,12-13H2,1-3H3. The Bertz CT molecular complexity index is 957. The summed E-state index contributed by atoms with van der Waals surface area (Å²) in [6, 6.07) is 14.5. The summed E-state index contributed by atoms with van der Waals surface area (Å²) in [5, 5.41) is 9.14. The van der Waals surface area contributed by atoms with E-state index in [0.717, 1.165) is 17.0 Å². The molecule has 0 spiro atoms. The molecule has 1 heterocycles. The summed E-state index contributed by atoms with van der Waals surface area (Å²) < 4.78 is 15.6. The molecule has 0 aliphatic heterocycles. The quantitative estimate of drug-likeness (QED) is 0.609. The van der Waals surface area contributed by atoms with Crippen LogP contribution in [0.2, 0.25) is 0 Å². The number of carbonyl (C=O) groups is 1. The van der Waals surface area contributed by atoms with Gasteiger partial charge in [-0.05, 0) is 18.6 Å². The highest BCUT2D eigenvalue weighted by atomic mass is 32.2. The molecule has 0 aliphatic carbocycles. The van der Waals surface area contributed by atoms with E-state index in [1.807, 2.05) is 42.8 Å². The predicted molar refractivity (Wildman–Crippen MR) is 105 cm³/mol. The van der Waals surface area contributed by atoms with Crippen molar-refractivity contribution < 1.29 is 9.18 Å². The number of aryl methyl sites for hydroxylation is 1. The van der Waals surface area contributed by atoms with Crippen LogP contribution in [0.5, 0.6) is 0 Å². The normalized spacial score (nSPS) is 10.8. The van der Waals surface area contributed by atoms with Crippen LogP contribution in [-0.4, -0.2) is 38.4 Å². The first kappa shape index (κ1) is 19.1. The van der Waals surface area contributed by atoms with Gasteiger partial charge >= 0.3 is 0 Å². The first-order valence-electron chi connectivity index (χ1n) is 8.53. The minimum absolute atomic E-state index is 0.0938. The third kappa shape index (κ3) is 4.36. The molecule has 0 atom stereocenters. The Morgan fingerprint density at radius 2 is 1.85 bits per heavy atom. The molecule has 27 heavy (non-hydrogen) atoms. The number of thioether (sulfide) groups is 1. The predicted octanol–water partition coefficient (Wildman–Crippen LogP) is 3.68. The van der Waals surface area contributed by atoms with Crippen molar-refractivity contribution in [3.63, 3.8) is 0 Å². The van der Waals surface area contributed by atoms with E-state index in [2.05, 4.69) is 10.2 Å². The molecule has 0 fully saturated rings. The first-order chi connectivity index (χ1) is 13.0. The fourth-order valence-electron chi connectivity index (χ4n) is 2.71. The van der Waals surface area contributed by atoms with Gasteiger partial charge in [-0.3, -0.25) is 4.79 Å². The molecule has 7 heteroatoms. The number of aromatic nitrogens is 3. The van der Waals surface area contributed by atoms with Crippen molar-refractivity contribution in [2.75, 3.05) is 12.8 Å². The average molecular weight is 384 g/mol. The minimum atomic E-state index is -0.305. The smallest absolute Gasteiger partial charge is 0.233 e. The number of carbonyl (C=O) groups excluding carboxylic acids is 1. The molecule has 0 bridgehead atoms. The van der Waals surface area contributed by atoms with E-state index in [0.29, 0.717) is 10.7 Å². The Hall–Kier alpha value is -2.67. The van der Waals surface area contributed by atoms with Gasteiger partial charge in [-0.25, -0.2) is 4.39 Å². The molecule has 5 nitrogen and oxygen atoms in total. The van der Waals surface area contributed by atoms with Crippen molar-refractivity contribution in [2.45, 2.75) is 18.6 Å². The van der Waals surface area contributed by atoms with Gasteiger partial charge in [0.1, 0.15) is 5.82 Å². The van der Waals surface area contributed by atoms with E-state index in [1.165, 1.54) is 22.7 Å². The van der Waals surface area contributed by atoms with Gasteiger partial charge in [-0.15, -0.1) is 10.2 Å². The lowest BCUT2D eigenvalue weighted by atomic mass is 10.1. The third-order valence-electron chi connectivity index (χ3n) is 4.34. The van der Waals surface area contributed by atoms with Gasteiger partial charge in [0.2, 0.25) is 5.91 Å². The molecule has 140 valence electrons. The Morgan fingerprint density at radius 3 is 2.59 bits per heavy atom. The van der Waals surface area contributed by atoms with E-state index in [1.54, 1.807) is 25.2 Å². The van der Waals surface area contributed by atoms with Gasteiger partial charge in [0.05, 0.1) is 5.75 Å². The number of hydrogen-bond donors (Lipinski definition) is 0. The molecule has 0 N–H and O–H groups in total. The number of amides is 1. The molecule has 0 radical (unpaired) electrons. The highest BCUT2D eigenvalue weighted by Crippen LogP contribution is 2.25. The van der Waals surface area contributed by atoms with Crippen LogP contribution in [0.3, 0.4) is 0 Å². The molecular formula is C20H21FN4OS. The summed E-state index contributed by atoms with van der Waals surface area (Å²) in [5.41, 5.74) is 2.63. The van der Waals surface area contributed by atoms with Crippen LogP contribution in [0.1, 0.15) is 11.1 Å². The van der Waals surface area contributed by atoms with Crippen molar-refractivity contribution in [3.8, 4) is 11.4 Å². The summed E-state index contributed by atoms with van der Waals surface area (Å²) in [5.74, 6) is 0.581. The number of halogens is 1. The van der Waals surface area contributed by atoms with E-state index in [-0.39, 0.29) is 24.0 Å². The molecule has 1 amide bonds. The zero-order chi connectivity index (χ0) is 19.4. The zero-order valence-corrected chi connectivity index (χ0v) is 16.3. The number of nitrogens with zero attached hydrogens (tertiary/aromatic N) is 4. The van der Waals surface area contributed by atoms with Crippen molar-refractivity contribution in [1.29, 1.82) is 0 Å². The minimum Gasteiger partial charge on any atom is -0.341 e. The number of rotatable bonds is 6. The average Bonchev–Trinajstić information content (AvgIpc) is 3.02. The number of benzene rings is 2. The van der Waals surface area contributed by atoms with Crippen molar-refractivity contribution in [3.05, 3.63) is 65.5 Å². The number of hydrogen-bond acceptors (Lipinski definition) is 4. The Kier molecular flexibility index (Phi) is 5.91. The maximum Gasteiger partial charge on any atom is 0.233 e. The maximum atomic E-state index is 13.7. The van der Waals surface area contributed by atoms with E-state index >= 15 is 0 Å². The van der Waals surface area contributed by atoms with E-state index in [4.69, 9.17) is 0 Å². The Labute approximate surface area is 162 Å². The van der Waals surface area contributed by atoms with Crippen molar-refractivity contribution >= 4 is 17.7 Å². The second kappa shape index (κ2) is 8.35. The molecule has 2 aromatic carbocycles. The molecule has 3 rings (SSSR count). The lowest BCUT2D eigenvalue weighted by Crippen LogP contribution is -2.28. The SMILES string of the molecule is Cc1ccccc1-c1nnc(SCC(=O)N(C)Cc2ccccc2F)n1C. The van der Waals surface area contributed by atoms with Crippen LogP contribution in [-0.2, 0) is 18.4 Å².